The third-order valence-corrected chi connectivity index (χ3v) is 10.5. The minimum atomic E-state index is 0.0208. The molecule has 0 radical (unpaired) electrons. The van der Waals surface area contributed by atoms with Gasteiger partial charge in [0.15, 0.2) is 0 Å². The van der Waals surface area contributed by atoms with Crippen LogP contribution in [0.5, 0.6) is 0 Å². The highest BCUT2D eigenvalue weighted by molar-refractivity contribution is 6.33. The lowest BCUT2D eigenvalue weighted by Gasteiger charge is -2.06. The lowest BCUT2D eigenvalue weighted by molar-refractivity contribution is 0.0914. The molecule has 266 valence electrons. The molecule has 0 saturated carbocycles. The van der Waals surface area contributed by atoms with Crippen molar-refractivity contribution in [2.45, 2.75) is 13.3 Å². The van der Waals surface area contributed by atoms with Gasteiger partial charge in [-0.3, -0.25) is 24.3 Å². The molecule has 2 N–H and O–H groups in total. The smallest absolute Gasteiger partial charge is 0.230 e. The predicted octanol–water partition coefficient (Wildman–Crippen LogP) is 8.77. The van der Waals surface area contributed by atoms with Gasteiger partial charge in [0.25, 0.3) is 0 Å². The first-order chi connectivity index (χ1) is 27.5. The van der Waals surface area contributed by atoms with Gasteiger partial charge in [0.05, 0.1) is 28.3 Å². The highest BCUT2D eigenvalue weighted by atomic mass is 16.2. The van der Waals surface area contributed by atoms with Crippen LogP contribution < -0.4 is 5.46 Å². The predicted molar refractivity (Wildman–Crippen MR) is 229 cm³/mol. The summed E-state index contributed by atoms with van der Waals surface area (Å²) in [6.45, 7) is 1.89. The Morgan fingerprint density at radius 1 is 0.571 bits per heavy atom. The molecule has 10 rings (SSSR count). The summed E-state index contributed by atoms with van der Waals surface area (Å²) in [5.41, 5.74) is 16.2. The first kappa shape index (κ1) is 33.1. The number of H-pyrrole nitrogens is 2. The second-order valence-corrected chi connectivity index (χ2v) is 13.9. The number of carbonyl (C=O) groups excluding carboxylic acids is 1. The van der Waals surface area contributed by atoms with Crippen LogP contribution in [-0.2, 0) is 0 Å². The highest BCUT2D eigenvalue weighted by Crippen LogP contribution is 2.40. The van der Waals surface area contributed by atoms with Gasteiger partial charge in [-0.1, -0.05) is 24.5 Å². The maximum Gasteiger partial charge on any atom is 0.230 e. The third-order valence-electron chi connectivity index (χ3n) is 10.5. The second kappa shape index (κ2) is 13.4. The molecule has 0 amide bonds. The largest absolute Gasteiger partial charge is 0.354 e. The maximum atomic E-state index is 13.4. The molecule has 56 heavy (non-hydrogen) atoms. The van der Waals surface area contributed by atoms with Crippen LogP contribution in [0.2, 0.25) is 0 Å². The van der Waals surface area contributed by atoms with Crippen LogP contribution in [0.25, 0.3) is 102 Å². The second-order valence-electron chi connectivity index (χ2n) is 13.9. The molecule has 1 aromatic carbocycles. The summed E-state index contributed by atoms with van der Waals surface area (Å²) in [4.78, 5) is 44.7. The average Bonchev–Trinajstić information content (AvgIpc) is 4.10. The summed E-state index contributed by atoms with van der Waals surface area (Å²) in [6, 6.07) is 26.7. The summed E-state index contributed by atoms with van der Waals surface area (Å²) < 4.78 is 1.78. The number of aromatic amines is 2. The van der Waals surface area contributed by atoms with E-state index in [4.69, 9.17) is 9.97 Å². The third kappa shape index (κ3) is 5.58. The number of aromatic nitrogens is 8. The van der Waals surface area contributed by atoms with Gasteiger partial charge in [-0.2, -0.15) is 0 Å². The number of pyridine rings is 3. The maximum absolute atomic E-state index is 13.4. The van der Waals surface area contributed by atoms with Gasteiger partial charge in [0.1, 0.15) is 7.85 Å². The normalized spacial score (nSPS) is 12.1. The Balaban J connectivity index is 1.41. The van der Waals surface area contributed by atoms with Gasteiger partial charge in [0, 0.05) is 105 Å². The quantitative estimate of drug-likeness (QED) is 0.172. The zero-order chi connectivity index (χ0) is 37.8. The van der Waals surface area contributed by atoms with Crippen molar-refractivity contribution < 1.29 is 4.79 Å². The van der Waals surface area contributed by atoms with Crippen LogP contribution in [0.15, 0.2) is 122 Å². The summed E-state index contributed by atoms with van der Waals surface area (Å²) in [6.07, 6.45) is 21.5. The fraction of sp³-hybridized carbons (Fsp3) is 0.0435. The Labute approximate surface area is 322 Å². The van der Waals surface area contributed by atoms with Gasteiger partial charge >= 0.3 is 0 Å². The van der Waals surface area contributed by atoms with Crippen molar-refractivity contribution in [3.8, 4) is 44.5 Å². The van der Waals surface area contributed by atoms with E-state index < -0.39 is 0 Å². The number of carbonyl (C=O) groups is 1. The molecule has 9 nitrogen and oxygen atoms in total. The lowest BCUT2D eigenvalue weighted by Crippen LogP contribution is -2.07. The Hall–Kier alpha value is -7.46. The molecule has 2 aliphatic rings. The first-order valence-electron chi connectivity index (χ1n) is 18.6. The van der Waals surface area contributed by atoms with Gasteiger partial charge in [-0.05, 0) is 108 Å². The SMILES string of the molecule is Bc1ccc2c(c1)c(-c1c3nc(c(-c4ccncc4)c4ccc([nH]4)c(-c4ccncc4)c4nc(c(-c5ccncc5)c5ccc1[nH]5)C=C4)C=C3)cn2C(=O)CC. The van der Waals surface area contributed by atoms with Crippen LogP contribution >= 0.6 is 0 Å². The van der Waals surface area contributed by atoms with Gasteiger partial charge in [-0.25, -0.2) is 9.97 Å². The van der Waals surface area contributed by atoms with Crippen LogP contribution in [-0.4, -0.2) is 53.2 Å². The molecule has 0 spiro atoms. The number of hydrogen-bond acceptors (Lipinski definition) is 6. The van der Waals surface area contributed by atoms with E-state index in [9.17, 15) is 4.79 Å². The molecule has 0 unspecified atom stereocenters. The number of hydrogen-bond donors (Lipinski definition) is 2. The molecule has 9 heterocycles. The van der Waals surface area contributed by atoms with Crippen molar-refractivity contribution >= 4 is 76.5 Å². The van der Waals surface area contributed by atoms with Crippen LogP contribution in [0.3, 0.4) is 0 Å². The molecule has 10 heteroatoms. The Kier molecular flexibility index (Phi) is 7.95. The number of benzene rings is 1. The number of nitrogens with one attached hydrogen (secondary N) is 2. The van der Waals surface area contributed by atoms with E-state index in [1.165, 1.54) is 0 Å². The van der Waals surface area contributed by atoms with Gasteiger partial charge in [0.2, 0.25) is 5.91 Å². The number of rotatable bonds is 5. The van der Waals surface area contributed by atoms with Crippen molar-refractivity contribution in [3.63, 3.8) is 0 Å². The van der Waals surface area contributed by atoms with E-state index in [1.54, 1.807) is 41.7 Å². The number of fused-ring (bicyclic) bond motifs is 9. The zero-order valence-corrected chi connectivity index (χ0v) is 30.7. The molecule has 0 saturated heterocycles. The van der Waals surface area contributed by atoms with E-state index >= 15 is 0 Å². The molecule has 7 aromatic heterocycles. The molecule has 8 bridgehead atoms. The van der Waals surface area contributed by atoms with E-state index in [-0.39, 0.29) is 5.91 Å². The Morgan fingerprint density at radius 2 is 0.982 bits per heavy atom. The molecule has 8 aromatic rings. The molecular weight excluding hydrogens is 691 g/mol. The van der Waals surface area contributed by atoms with E-state index in [1.807, 2.05) is 55.6 Å². The van der Waals surface area contributed by atoms with Crippen LogP contribution in [0, 0.1) is 0 Å². The minimum absolute atomic E-state index is 0.0208. The van der Waals surface area contributed by atoms with E-state index in [0.717, 1.165) is 106 Å². The lowest BCUT2D eigenvalue weighted by atomic mass is 9.93. The Morgan fingerprint density at radius 3 is 1.41 bits per heavy atom. The standard InChI is InChI=1S/C46H33BN8O/c1-2-42(56)55-26-32(31-25-30(47)3-12-41(31)55)46-39-10-8-37(53-39)44(28-15-21-49-22-16-28)35-6-4-33(51-35)43(27-13-19-48-20-14-27)34-5-7-36(52-34)45(29-17-23-50-24-18-29)38-9-11-40(46)54-38/h3-26,51,54H,2,47H2,1H3. The Bertz CT molecular complexity index is 3050. The van der Waals surface area contributed by atoms with Gasteiger partial charge in [-0.15, -0.1) is 0 Å². The van der Waals surface area contributed by atoms with Crippen LogP contribution in [0.4, 0.5) is 0 Å². The topological polar surface area (TPSA) is 118 Å². The summed E-state index contributed by atoms with van der Waals surface area (Å²) in [5.74, 6) is 0.0208. The van der Waals surface area contributed by atoms with E-state index in [0.29, 0.717) is 6.42 Å². The van der Waals surface area contributed by atoms with Crippen molar-refractivity contribution in [1.82, 2.24) is 39.5 Å². The summed E-state index contributed by atoms with van der Waals surface area (Å²) >= 11 is 0. The molecule has 0 aliphatic carbocycles. The highest BCUT2D eigenvalue weighted by Gasteiger charge is 2.22. The summed E-state index contributed by atoms with van der Waals surface area (Å²) in [5, 5.41) is 0.976. The van der Waals surface area contributed by atoms with Crippen molar-refractivity contribution in [1.29, 1.82) is 0 Å². The van der Waals surface area contributed by atoms with Crippen molar-refractivity contribution in [3.05, 3.63) is 145 Å². The fourth-order valence-corrected chi connectivity index (χ4v) is 7.88. The number of nitrogens with zero attached hydrogens (tertiary/aromatic N) is 6. The molecule has 2 aliphatic heterocycles. The summed E-state index contributed by atoms with van der Waals surface area (Å²) in [7, 11) is 2.08. The van der Waals surface area contributed by atoms with E-state index in [2.05, 4.69) is 93.5 Å². The fourth-order valence-electron chi connectivity index (χ4n) is 7.88. The van der Waals surface area contributed by atoms with Crippen molar-refractivity contribution in [2.24, 2.45) is 0 Å². The molecule has 0 fully saturated rings. The van der Waals surface area contributed by atoms with Crippen LogP contribution in [0.1, 0.15) is 40.9 Å². The average molecular weight is 725 g/mol. The monoisotopic (exact) mass is 724 g/mol. The molecule has 0 atom stereocenters. The first-order valence-corrected chi connectivity index (χ1v) is 18.6. The van der Waals surface area contributed by atoms with Gasteiger partial charge < -0.3 is 9.97 Å². The molecular formula is C46H33BN8O. The minimum Gasteiger partial charge on any atom is -0.354 e. The van der Waals surface area contributed by atoms with Crippen molar-refractivity contribution in [2.75, 3.05) is 0 Å². The zero-order valence-electron chi connectivity index (χ0n) is 30.7.